The lowest BCUT2D eigenvalue weighted by atomic mass is 9.98. The molecule has 0 radical (unpaired) electrons. The van der Waals surface area contributed by atoms with Crippen LogP contribution in [0.15, 0.2) is 18.5 Å². The van der Waals surface area contributed by atoms with Crippen molar-refractivity contribution in [3.8, 4) is 0 Å². The number of likely N-dealkylation sites (tertiary alicyclic amines) is 1. The van der Waals surface area contributed by atoms with E-state index in [2.05, 4.69) is 15.2 Å². The molecule has 0 aliphatic carbocycles. The first-order chi connectivity index (χ1) is 8.54. The SMILES string of the molecule is Cc1cnccc1CNC(=O)C1(C)CCCN1C. The van der Waals surface area contributed by atoms with Crippen LogP contribution in [0.3, 0.4) is 0 Å². The van der Waals surface area contributed by atoms with E-state index < -0.39 is 0 Å². The van der Waals surface area contributed by atoms with E-state index in [4.69, 9.17) is 0 Å². The molecule has 4 nitrogen and oxygen atoms in total. The van der Waals surface area contributed by atoms with Gasteiger partial charge >= 0.3 is 0 Å². The summed E-state index contributed by atoms with van der Waals surface area (Å²) in [6.45, 7) is 5.61. The lowest BCUT2D eigenvalue weighted by Gasteiger charge is -2.30. The fourth-order valence-electron chi connectivity index (χ4n) is 2.45. The van der Waals surface area contributed by atoms with Gasteiger partial charge in [-0.1, -0.05) is 0 Å². The summed E-state index contributed by atoms with van der Waals surface area (Å²) < 4.78 is 0. The normalized spacial score (nSPS) is 24.2. The van der Waals surface area contributed by atoms with Crippen LogP contribution in [0, 0.1) is 6.92 Å². The highest BCUT2D eigenvalue weighted by Crippen LogP contribution is 2.27. The number of likely N-dealkylation sites (N-methyl/N-ethyl adjacent to an activating group) is 1. The van der Waals surface area contributed by atoms with E-state index in [1.807, 2.05) is 33.2 Å². The average Bonchev–Trinajstić information content (AvgIpc) is 2.69. The van der Waals surface area contributed by atoms with Gasteiger partial charge in [0, 0.05) is 18.9 Å². The number of amides is 1. The first-order valence-corrected chi connectivity index (χ1v) is 6.43. The van der Waals surface area contributed by atoms with E-state index in [9.17, 15) is 4.79 Å². The summed E-state index contributed by atoms with van der Waals surface area (Å²) >= 11 is 0. The Morgan fingerprint density at radius 1 is 1.61 bits per heavy atom. The van der Waals surface area contributed by atoms with E-state index in [0.717, 1.165) is 30.5 Å². The van der Waals surface area contributed by atoms with E-state index in [1.165, 1.54) is 0 Å². The highest BCUT2D eigenvalue weighted by molar-refractivity contribution is 5.86. The fourth-order valence-corrected chi connectivity index (χ4v) is 2.45. The number of carbonyl (C=O) groups excluding carboxylic acids is 1. The predicted octanol–water partition coefficient (Wildman–Crippen LogP) is 1.49. The van der Waals surface area contributed by atoms with Gasteiger partial charge < -0.3 is 5.32 Å². The molecule has 0 spiro atoms. The van der Waals surface area contributed by atoms with E-state index in [0.29, 0.717) is 6.54 Å². The standard InChI is InChI=1S/C14H21N3O/c1-11-9-15-7-5-12(11)10-16-13(18)14(2)6-4-8-17(14)3/h5,7,9H,4,6,8,10H2,1-3H3,(H,16,18). The number of aryl methyl sites for hydroxylation is 1. The third-order valence-corrected chi connectivity index (χ3v) is 4.06. The van der Waals surface area contributed by atoms with Crippen molar-refractivity contribution in [3.63, 3.8) is 0 Å². The molecule has 1 fully saturated rings. The largest absolute Gasteiger partial charge is 0.350 e. The lowest BCUT2D eigenvalue weighted by molar-refractivity contribution is -0.130. The fraction of sp³-hybridized carbons (Fsp3) is 0.571. The van der Waals surface area contributed by atoms with Crippen molar-refractivity contribution in [1.29, 1.82) is 0 Å². The van der Waals surface area contributed by atoms with Gasteiger partial charge in [-0.2, -0.15) is 0 Å². The van der Waals surface area contributed by atoms with Crippen LogP contribution in [0.25, 0.3) is 0 Å². The van der Waals surface area contributed by atoms with Gasteiger partial charge in [-0.25, -0.2) is 0 Å². The lowest BCUT2D eigenvalue weighted by Crippen LogP contribution is -2.51. The monoisotopic (exact) mass is 247 g/mol. The molecular weight excluding hydrogens is 226 g/mol. The quantitative estimate of drug-likeness (QED) is 0.880. The van der Waals surface area contributed by atoms with Gasteiger partial charge in [0.05, 0.1) is 5.54 Å². The number of nitrogens with one attached hydrogen (secondary N) is 1. The Hall–Kier alpha value is -1.42. The zero-order valence-electron chi connectivity index (χ0n) is 11.4. The van der Waals surface area contributed by atoms with Crippen LogP contribution in [0.5, 0.6) is 0 Å². The zero-order chi connectivity index (χ0) is 13.2. The molecule has 4 heteroatoms. The molecular formula is C14H21N3O. The van der Waals surface area contributed by atoms with Gasteiger partial charge in [0.2, 0.25) is 5.91 Å². The van der Waals surface area contributed by atoms with Crippen molar-refractivity contribution >= 4 is 5.91 Å². The molecule has 1 atom stereocenters. The molecule has 98 valence electrons. The van der Waals surface area contributed by atoms with Crippen LogP contribution in [0.4, 0.5) is 0 Å². The molecule has 1 N–H and O–H groups in total. The summed E-state index contributed by atoms with van der Waals surface area (Å²) in [6.07, 6.45) is 5.61. The van der Waals surface area contributed by atoms with Gasteiger partial charge in [-0.05, 0) is 57.5 Å². The minimum atomic E-state index is -0.346. The van der Waals surface area contributed by atoms with Crippen molar-refractivity contribution < 1.29 is 4.79 Å². The number of rotatable bonds is 3. The van der Waals surface area contributed by atoms with E-state index >= 15 is 0 Å². The maximum absolute atomic E-state index is 12.3. The maximum atomic E-state index is 12.3. The minimum Gasteiger partial charge on any atom is -0.350 e. The van der Waals surface area contributed by atoms with Crippen molar-refractivity contribution in [1.82, 2.24) is 15.2 Å². The molecule has 0 bridgehead atoms. The predicted molar refractivity (Wildman–Crippen MR) is 71.1 cm³/mol. The van der Waals surface area contributed by atoms with Gasteiger partial charge in [0.15, 0.2) is 0 Å². The number of nitrogens with zero attached hydrogens (tertiary/aromatic N) is 2. The van der Waals surface area contributed by atoms with E-state index in [-0.39, 0.29) is 11.4 Å². The molecule has 1 amide bonds. The Bertz CT molecular complexity index is 446. The third kappa shape index (κ3) is 2.38. The number of pyridine rings is 1. The highest BCUT2D eigenvalue weighted by Gasteiger charge is 2.40. The summed E-state index contributed by atoms with van der Waals surface area (Å²) in [5.41, 5.74) is 1.89. The minimum absolute atomic E-state index is 0.124. The van der Waals surface area contributed by atoms with Crippen LogP contribution < -0.4 is 5.32 Å². The number of hydrogen-bond donors (Lipinski definition) is 1. The molecule has 1 unspecified atom stereocenters. The molecule has 1 aromatic heterocycles. The van der Waals surface area contributed by atoms with E-state index in [1.54, 1.807) is 6.20 Å². The molecule has 1 aliphatic heterocycles. The van der Waals surface area contributed by atoms with Crippen LogP contribution in [-0.4, -0.2) is 34.9 Å². The Kier molecular flexibility index (Phi) is 3.66. The van der Waals surface area contributed by atoms with Crippen LogP contribution in [0.2, 0.25) is 0 Å². The second-order valence-electron chi connectivity index (χ2n) is 5.28. The molecule has 2 rings (SSSR count). The topological polar surface area (TPSA) is 45.2 Å². The third-order valence-electron chi connectivity index (χ3n) is 4.06. The van der Waals surface area contributed by atoms with Crippen molar-refractivity contribution in [2.45, 2.75) is 38.8 Å². The second-order valence-corrected chi connectivity index (χ2v) is 5.28. The summed E-state index contributed by atoms with van der Waals surface area (Å²) in [6, 6.07) is 1.95. The van der Waals surface area contributed by atoms with Crippen molar-refractivity contribution in [2.75, 3.05) is 13.6 Å². The Labute approximate surface area is 108 Å². The van der Waals surface area contributed by atoms with Crippen molar-refractivity contribution in [3.05, 3.63) is 29.6 Å². The maximum Gasteiger partial charge on any atom is 0.240 e. The number of carbonyl (C=O) groups is 1. The molecule has 0 saturated carbocycles. The summed E-state index contributed by atoms with van der Waals surface area (Å²) in [7, 11) is 2.02. The molecule has 1 aromatic rings. The van der Waals surface area contributed by atoms with Gasteiger partial charge in [-0.15, -0.1) is 0 Å². The molecule has 18 heavy (non-hydrogen) atoms. The van der Waals surface area contributed by atoms with Crippen LogP contribution in [-0.2, 0) is 11.3 Å². The first kappa shape index (κ1) is 13.0. The number of hydrogen-bond acceptors (Lipinski definition) is 3. The highest BCUT2D eigenvalue weighted by atomic mass is 16.2. The van der Waals surface area contributed by atoms with Gasteiger partial charge in [0.25, 0.3) is 0 Å². The zero-order valence-corrected chi connectivity index (χ0v) is 11.4. The Morgan fingerprint density at radius 3 is 3.00 bits per heavy atom. The summed E-state index contributed by atoms with van der Waals surface area (Å²) in [5.74, 6) is 0.124. The molecule has 2 heterocycles. The molecule has 1 saturated heterocycles. The molecule has 1 aliphatic rings. The molecule has 0 aromatic carbocycles. The summed E-state index contributed by atoms with van der Waals surface area (Å²) in [4.78, 5) is 18.5. The first-order valence-electron chi connectivity index (χ1n) is 6.43. The van der Waals surface area contributed by atoms with Crippen molar-refractivity contribution in [2.24, 2.45) is 0 Å². The van der Waals surface area contributed by atoms with Gasteiger partial charge in [0.1, 0.15) is 0 Å². The van der Waals surface area contributed by atoms with Gasteiger partial charge in [-0.3, -0.25) is 14.7 Å². The Morgan fingerprint density at radius 2 is 2.39 bits per heavy atom. The van der Waals surface area contributed by atoms with Crippen LogP contribution >= 0.6 is 0 Å². The summed E-state index contributed by atoms with van der Waals surface area (Å²) in [5, 5.41) is 3.04. The average molecular weight is 247 g/mol. The second kappa shape index (κ2) is 5.06. The number of aromatic nitrogens is 1. The smallest absolute Gasteiger partial charge is 0.240 e. The Balaban J connectivity index is 1.99. The van der Waals surface area contributed by atoms with Crippen LogP contribution in [0.1, 0.15) is 30.9 Å².